The lowest BCUT2D eigenvalue weighted by Crippen LogP contribution is -2.20. The smallest absolute Gasteiger partial charge is 0.335 e. The minimum absolute atomic E-state index is 0.328. The average Bonchev–Trinajstić information content (AvgIpc) is 2.54. The number of nitrogens with one attached hydrogen (secondary N) is 1. The van der Waals surface area contributed by atoms with Crippen LogP contribution in [0.4, 0.5) is 5.69 Å². The predicted octanol–water partition coefficient (Wildman–Crippen LogP) is 4.72. The highest BCUT2D eigenvalue weighted by molar-refractivity contribution is 9.10. The molecule has 4 heteroatoms. The number of hydrogen-bond donors (Lipinski definition) is 1. The first kappa shape index (κ1) is 16.3. The maximum absolute atomic E-state index is 12.1. The second-order valence-electron chi connectivity index (χ2n) is 4.71. The highest BCUT2D eigenvalue weighted by atomic mass is 79.9. The molecule has 0 saturated heterocycles. The molecule has 1 unspecified atom stereocenters. The highest BCUT2D eigenvalue weighted by Gasteiger charge is 2.22. The lowest BCUT2D eigenvalue weighted by Gasteiger charge is -2.22. The van der Waals surface area contributed by atoms with Gasteiger partial charge in [0, 0.05) is 10.2 Å². The number of anilines is 1. The van der Waals surface area contributed by atoms with Gasteiger partial charge in [-0.05, 0) is 40.5 Å². The third-order valence-corrected chi connectivity index (χ3v) is 3.88. The molecule has 0 aliphatic rings. The Bertz CT molecular complexity index is 655. The summed E-state index contributed by atoms with van der Waals surface area (Å²) in [4.78, 5) is 12.1. The number of benzene rings is 2. The van der Waals surface area contributed by atoms with Crippen molar-refractivity contribution in [3.05, 3.63) is 76.8 Å². The van der Waals surface area contributed by atoms with Crippen LogP contribution in [0.1, 0.15) is 18.5 Å². The van der Waals surface area contributed by atoms with Crippen molar-refractivity contribution in [1.82, 2.24) is 0 Å². The maximum Gasteiger partial charge on any atom is 0.335 e. The Labute approximate surface area is 139 Å². The first-order valence-electron chi connectivity index (χ1n) is 7.05. The predicted molar refractivity (Wildman–Crippen MR) is 92.7 cm³/mol. The van der Waals surface area contributed by atoms with Gasteiger partial charge in [-0.1, -0.05) is 49.0 Å². The lowest BCUT2D eigenvalue weighted by molar-refractivity contribution is -0.138. The SMILES string of the molecule is C=C(C(=O)OCC)C(Nc1ccccc1Br)c1ccccc1. The summed E-state index contributed by atoms with van der Waals surface area (Å²) in [5.41, 5.74) is 2.22. The summed E-state index contributed by atoms with van der Waals surface area (Å²) in [6, 6.07) is 17.1. The quantitative estimate of drug-likeness (QED) is 0.598. The van der Waals surface area contributed by atoms with Gasteiger partial charge in [-0.25, -0.2) is 4.79 Å². The molecule has 0 saturated carbocycles. The molecular weight excluding hydrogens is 342 g/mol. The zero-order valence-corrected chi connectivity index (χ0v) is 14.0. The molecule has 2 rings (SSSR count). The molecule has 0 radical (unpaired) electrons. The minimum Gasteiger partial charge on any atom is -0.463 e. The van der Waals surface area contributed by atoms with Gasteiger partial charge in [-0.3, -0.25) is 0 Å². The normalized spacial score (nSPS) is 11.5. The van der Waals surface area contributed by atoms with E-state index in [1.54, 1.807) is 6.92 Å². The fourth-order valence-electron chi connectivity index (χ4n) is 2.09. The molecule has 0 fully saturated rings. The van der Waals surface area contributed by atoms with Crippen LogP contribution in [-0.2, 0) is 9.53 Å². The van der Waals surface area contributed by atoms with E-state index >= 15 is 0 Å². The number of hydrogen-bond acceptors (Lipinski definition) is 3. The van der Waals surface area contributed by atoms with Crippen molar-refractivity contribution >= 4 is 27.6 Å². The molecule has 0 bridgehead atoms. The van der Waals surface area contributed by atoms with Crippen molar-refractivity contribution in [2.24, 2.45) is 0 Å². The molecule has 2 aromatic carbocycles. The number of para-hydroxylation sites is 1. The number of rotatable bonds is 6. The van der Waals surface area contributed by atoms with E-state index in [9.17, 15) is 4.79 Å². The first-order chi connectivity index (χ1) is 10.6. The number of ether oxygens (including phenoxy) is 1. The molecule has 0 spiro atoms. The van der Waals surface area contributed by atoms with Gasteiger partial charge in [0.05, 0.1) is 18.2 Å². The zero-order chi connectivity index (χ0) is 15.9. The van der Waals surface area contributed by atoms with Crippen molar-refractivity contribution in [3.63, 3.8) is 0 Å². The monoisotopic (exact) mass is 359 g/mol. The standard InChI is InChI=1S/C18H18BrNO2/c1-3-22-18(21)13(2)17(14-9-5-4-6-10-14)20-16-12-8-7-11-15(16)19/h4-12,17,20H,2-3H2,1H3. The summed E-state index contributed by atoms with van der Waals surface area (Å²) in [7, 11) is 0. The van der Waals surface area contributed by atoms with Gasteiger partial charge in [0.15, 0.2) is 0 Å². The molecule has 3 nitrogen and oxygen atoms in total. The summed E-state index contributed by atoms with van der Waals surface area (Å²) in [6.07, 6.45) is 0. The summed E-state index contributed by atoms with van der Waals surface area (Å²) in [6.45, 7) is 6.03. The van der Waals surface area contributed by atoms with Gasteiger partial charge < -0.3 is 10.1 Å². The van der Waals surface area contributed by atoms with Crippen LogP contribution >= 0.6 is 15.9 Å². The fourth-order valence-corrected chi connectivity index (χ4v) is 2.49. The van der Waals surface area contributed by atoms with E-state index in [2.05, 4.69) is 27.8 Å². The van der Waals surface area contributed by atoms with Crippen LogP contribution in [0.2, 0.25) is 0 Å². The van der Waals surface area contributed by atoms with Crippen molar-refractivity contribution in [1.29, 1.82) is 0 Å². The van der Waals surface area contributed by atoms with Gasteiger partial charge in [-0.2, -0.15) is 0 Å². The molecule has 22 heavy (non-hydrogen) atoms. The Balaban J connectivity index is 2.32. The van der Waals surface area contributed by atoms with Crippen LogP contribution in [0.3, 0.4) is 0 Å². The van der Waals surface area contributed by atoms with Crippen LogP contribution in [0.5, 0.6) is 0 Å². The molecule has 114 valence electrons. The van der Waals surface area contributed by atoms with Gasteiger partial charge in [0.25, 0.3) is 0 Å². The van der Waals surface area contributed by atoms with E-state index in [1.165, 1.54) is 0 Å². The molecule has 0 heterocycles. The van der Waals surface area contributed by atoms with Crippen LogP contribution in [0, 0.1) is 0 Å². The van der Waals surface area contributed by atoms with Crippen molar-refractivity contribution in [3.8, 4) is 0 Å². The Morgan fingerprint density at radius 2 is 1.82 bits per heavy atom. The second-order valence-corrected chi connectivity index (χ2v) is 5.57. The largest absolute Gasteiger partial charge is 0.463 e. The summed E-state index contributed by atoms with van der Waals surface area (Å²) in [5.74, 6) is -0.393. The van der Waals surface area contributed by atoms with Crippen molar-refractivity contribution in [2.75, 3.05) is 11.9 Å². The van der Waals surface area contributed by atoms with Gasteiger partial charge in [-0.15, -0.1) is 0 Å². The minimum atomic E-state index is -0.393. The van der Waals surface area contributed by atoms with E-state index in [0.717, 1.165) is 15.7 Å². The molecule has 0 aliphatic heterocycles. The van der Waals surface area contributed by atoms with Crippen LogP contribution in [-0.4, -0.2) is 12.6 Å². The third kappa shape index (κ3) is 3.98. The molecule has 2 aromatic rings. The second kappa shape index (κ2) is 7.80. The molecule has 0 amide bonds. The van der Waals surface area contributed by atoms with Gasteiger partial charge in [0.1, 0.15) is 0 Å². The average molecular weight is 360 g/mol. The van der Waals surface area contributed by atoms with E-state index in [-0.39, 0.29) is 6.04 Å². The lowest BCUT2D eigenvalue weighted by atomic mass is 9.99. The Kier molecular flexibility index (Phi) is 5.78. The van der Waals surface area contributed by atoms with Gasteiger partial charge >= 0.3 is 5.97 Å². The number of carbonyl (C=O) groups is 1. The van der Waals surface area contributed by atoms with Gasteiger partial charge in [0.2, 0.25) is 0 Å². The molecule has 0 aromatic heterocycles. The third-order valence-electron chi connectivity index (χ3n) is 3.19. The first-order valence-corrected chi connectivity index (χ1v) is 7.84. The van der Waals surface area contributed by atoms with E-state index in [1.807, 2.05) is 54.6 Å². The zero-order valence-electron chi connectivity index (χ0n) is 12.4. The van der Waals surface area contributed by atoms with Crippen LogP contribution < -0.4 is 5.32 Å². The van der Waals surface area contributed by atoms with Crippen LogP contribution in [0.15, 0.2) is 71.2 Å². The maximum atomic E-state index is 12.1. The van der Waals surface area contributed by atoms with Crippen molar-refractivity contribution in [2.45, 2.75) is 13.0 Å². The Hall–Kier alpha value is -2.07. The fraction of sp³-hybridized carbons (Fsp3) is 0.167. The Morgan fingerprint density at radius 3 is 2.45 bits per heavy atom. The highest BCUT2D eigenvalue weighted by Crippen LogP contribution is 2.30. The topological polar surface area (TPSA) is 38.3 Å². The number of esters is 1. The molecule has 0 aliphatic carbocycles. The van der Waals surface area contributed by atoms with E-state index < -0.39 is 5.97 Å². The molecule has 1 atom stereocenters. The molecular formula is C18H18BrNO2. The summed E-state index contributed by atoms with van der Waals surface area (Å²) in [5, 5.41) is 3.36. The number of halogens is 1. The number of carbonyl (C=O) groups excluding carboxylic acids is 1. The molecule has 1 N–H and O–H groups in total. The van der Waals surface area contributed by atoms with E-state index in [0.29, 0.717) is 12.2 Å². The summed E-state index contributed by atoms with van der Waals surface area (Å²) < 4.78 is 6.01. The summed E-state index contributed by atoms with van der Waals surface area (Å²) >= 11 is 3.51. The van der Waals surface area contributed by atoms with E-state index in [4.69, 9.17) is 4.74 Å². The van der Waals surface area contributed by atoms with Crippen molar-refractivity contribution < 1.29 is 9.53 Å². The van der Waals surface area contributed by atoms with Crippen LogP contribution in [0.25, 0.3) is 0 Å². The Morgan fingerprint density at radius 1 is 1.18 bits per heavy atom.